The second kappa shape index (κ2) is 10.5. The zero-order chi connectivity index (χ0) is 22.4. The van der Waals surface area contributed by atoms with E-state index in [-0.39, 0.29) is 30.8 Å². The van der Waals surface area contributed by atoms with E-state index in [1.807, 2.05) is 0 Å². The van der Waals surface area contributed by atoms with Gasteiger partial charge >= 0.3 is 0 Å². The highest BCUT2D eigenvalue weighted by atomic mass is 32.2. The number of hydrogen-bond donors (Lipinski definition) is 3. The third-order valence-corrected chi connectivity index (χ3v) is 8.07. The van der Waals surface area contributed by atoms with Gasteiger partial charge in [0, 0.05) is 19.2 Å². The summed E-state index contributed by atoms with van der Waals surface area (Å²) in [5.74, 6) is -0.703. The van der Waals surface area contributed by atoms with E-state index in [1.165, 1.54) is 18.7 Å². The zero-order valence-electron chi connectivity index (χ0n) is 17.7. The molecule has 1 aliphatic carbocycles. The predicted octanol–water partition coefficient (Wildman–Crippen LogP) is 0.926. The second-order valence-corrected chi connectivity index (χ2v) is 10.2. The Balaban J connectivity index is 1.86. The molecule has 1 saturated heterocycles. The molecule has 0 radical (unpaired) electrons. The second-order valence-electron chi connectivity index (χ2n) is 8.48. The van der Waals surface area contributed by atoms with Crippen LogP contribution in [0.3, 0.4) is 0 Å². The van der Waals surface area contributed by atoms with Crippen molar-refractivity contribution in [2.75, 3.05) is 6.54 Å². The fourth-order valence-electron chi connectivity index (χ4n) is 4.56. The normalized spacial score (nSPS) is 25.5. The fraction of sp³-hybridized carbons (Fsp3) is 0.667. The van der Waals surface area contributed by atoms with Crippen LogP contribution in [0.15, 0.2) is 29.4 Å². The highest BCUT2D eigenvalue weighted by molar-refractivity contribution is 7.89. The van der Waals surface area contributed by atoms with Gasteiger partial charge in [-0.05, 0) is 37.3 Å². The van der Waals surface area contributed by atoms with Crippen molar-refractivity contribution in [3.8, 4) is 0 Å². The molecule has 0 spiro atoms. The summed E-state index contributed by atoms with van der Waals surface area (Å²) >= 11 is 0. The molecule has 1 saturated carbocycles. The zero-order valence-corrected chi connectivity index (χ0v) is 18.5. The van der Waals surface area contributed by atoms with Gasteiger partial charge in [0.25, 0.3) is 10.0 Å². The number of carbonyl (C=O) groups excluding carboxylic acids is 2. The number of aliphatic hydroxyl groups is 1. The molecule has 0 bridgehead atoms. The molecular formula is C21H32N4O5S. The summed E-state index contributed by atoms with van der Waals surface area (Å²) in [7, 11) is -4.27. The van der Waals surface area contributed by atoms with Crippen LogP contribution < -0.4 is 11.1 Å². The number of aromatic nitrogens is 1. The lowest BCUT2D eigenvalue weighted by molar-refractivity contribution is -0.130. The Hall–Kier alpha value is -2.04. The van der Waals surface area contributed by atoms with Gasteiger partial charge in [0.05, 0.1) is 18.2 Å². The van der Waals surface area contributed by atoms with E-state index in [0.29, 0.717) is 12.3 Å². The van der Waals surface area contributed by atoms with Gasteiger partial charge in [0.1, 0.15) is 0 Å². The van der Waals surface area contributed by atoms with Crippen LogP contribution in [-0.4, -0.2) is 59.4 Å². The van der Waals surface area contributed by atoms with Crippen molar-refractivity contribution in [1.82, 2.24) is 14.6 Å². The molecule has 10 heteroatoms. The van der Waals surface area contributed by atoms with Crippen LogP contribution in [0.25, 0.3) is 0 Å². The number of aliphatic hydroxyl groups excluding tert-OH is 1. The van der Waals surface area contributed by atoms with Gasteiger partial charge in [0.2, 0.25) is 11.8 Å². The standard InChI is InChI=1S/C21H32N4O5S/c22-21(28)16-10-11-17(18(26)14-24-16)25(31(29,30)19-8-4-5-13-23-19)20(27)12-9-15-6-2-1-3-7-15/h4-5,8,13,15-18,24,26H,1-3,6-7,9-12,14H2,(H2,22,28)/t16-,17+,18+/m1/s1. The van der Waals surface area contributed by atoms with Crippen molar-refractivity contribution >= 4 is 21.8 Å². The maximum Gasteiger partial charge on any atom is 0.284 e. The number of nitrogens with zero attached hydrogens (tertiary/aromatic N) is 2. The van der Waals surface area contributed by atoms with Crippen molar-refractivity contribution < 1.29 is 23.1 Å². The van der Waals surface area contributed by atoms with Crippen molar-refractivity contribution in [3.05, 3.63) is 24.4 Å². The van der Waals surface area contributed by atoms with E-state index in [2.05, 4.69) is 10.3 Å². The predicted molar refractivity (Wildman–Crippen MR) is 114 cm³/mol. The van der Waals surface area contributed by atoms with Gasteiger partial charge in [-0.25, -0.2) is 9.29 Å². The first-order valence-electron chi connectivity index (χ1n) is 11.0. The fourth-order valence-corrected chi connectivity index (χ4v) is 6.17. The molecule has 2 fully saturated rings. The van der Waals surface area contributed by atoms with Crippen molar-refractivity contribution in [2.45, 2.75) is 81.0 Å². The number of sulfonamides is 1. The van der Waals surface area contributed by atoms with Crippen molar-refractivity contribution in [2.24, 2.45) is 11.7 Å². The molecule has 2 amide bonds. The quantitative estimate of drug-likeness (QED) is 0.558. The molecular weight excluding hydrogens is 420 g/mol. The number of rotatable bonds is 7. The Bertz CT molecular complexity index is 858. The summed E-state index contributed by atoms with van der Waals surface area (Å²) in [6.45, 7) is -0.0393. The van der Waals surface area contributed by atoms with E-state index >= 15 is 0 Å². The first-order chi connectivity index (χ1) is 14.8. The van der Waals surface area contributed by atoms with Gasteiger partial charge in [-0.15, -0.1) is 0 Å². The lowest BCUT2D eigenvalue weighted by Crippen LogP contribution is -2.52. The van der Waals surface area contributed by atoms with Crippen LogP contribution in [0.5, 0.6) is 0 Å². The van der Waals surface area contributed by atoms with Gasteiger partial charge in [-0.1, -0.05) is 38.2 Å². The Labute approximate surface area is 183 Å². The van der Waals surface area contributed by atoms with E-state index in [9.17, 15) is 23.1 Å². The molecule has 3 atom stereocenters. The molecule has 31 heavy (non-hydrogen) atoms. The average Bonchev–Trinajstić information content (AvgIpc) is 2.96. The lowest BCUT2D eigenvalue weighted by Gasteiger charge is -2.33. The molecule has 1 aromatic heterocycles. The SMILES string of the molecule is NC(=O)[C@H]1CC[C@H](N(C(=O)CCC2CCCCC2)S(=O)(=O)c2ccccn2)[C@@H](O)CN1. The molecule has 2 aliphatic rings. The van der Waals surface area contributed by atoms with Crippen LogP contribution >= 0.6 is 0 Å². The minimum Gasteiger partial charge on any atom is -0.390 e. The first kappa shape index (κ1) is 23.6. The number of amides is 2. The minimum atomic E-state index is -4.27. The van der Waals surface area contributed by atoms with Gasteiger partial charge in [-0.3, -0.25) is 9.59 Å². The van der Waals surface area contributed by atoms with Crippen LogP contribution in [0.1, 0.15) is 57.8 Å². The summed E-state index contributed by atoms with van der Waals surface area (Å²) in [4.78, 5) is 28.8. The summed E-state index contributed by atoms with van der Waals surface area (Å²) < 4.78 is 27.6. The van der Waals surface area contributed by atoms with Crippen LogP contribution in [0.4, 0.5) is 0 Å². The topological polar surface area (TPSA) is 143 Å². The van der Waals surface area contributed by atoms with Crippen LogP contribution in [-0.2, 0) is 19.6 Å². The molecule has 1 aromatic rings. The van der Waals surface area contributed by atoms with E-state index in [4.69, 9.17) is 5.73 Å². The Morgan fingerprint density at radius 1 is 1.16 bits per heavy atom. The highest BCUT2D eigenvalue weighted by Gasteiger charge is 2.41. The Kier molecular flexibility index (Phi) is 8.01. The number of pyridine rings is 1. The molecule has 0 unspecified atom stereocenters. The molecule has 9 nitrogen and oxygen atoms in total. The summed E-state index contributed by atoms with van der Waals surface area (Å²) in [5, 5.41) is 13.3. The van der Waals surface area contributed by atoms with Crippen molar-refractivity contribution in [1.29, 1.82) is 0 Å². The molecule has 0 aromatic carbocycles. The van der Waals surface area contributed by atoms with E-state index < -0.39 is 40.0 Å². The monoisotopic (exact) mass is 452 g/mol. The number of β-amino-alcohol motifs (C(OH)–C–C–N with tert-alkyl or cyclic N) is 1. The van der Waals surface area contributed by atoms with Gasteiger partial charge in [-0.2, -0.15) is 8.42 Å². The van der Waals surface area contributed by atoms with E-state index in [1.54, 1.807) is 12.1 Å². The first-order valence-corrected chi connectivity index (χ1v) is 12.4. The number of nitrogens with one attached hydrogen (secondary N) is 1. The highest BCUT2D eigenvalue weighted by Crippen LogP contribution is 2.30. The van der Waals surface area contributed by atoms with E-state index in [0.717, 1.165) is 30.0 Å². The Morgan fingerprint density at radius 3 is 2.55 bits per heavy atom. The smallest absolute Gasteiger partial charge is 0.284 e. The molecule has 2 heterocycles. The molecule has 3 rings (SSSR count). The minimum absolute atomic E-state index is 0.0393. The molecule has 1 aliphatic heterocycles. The number of nitrogens with two attached hydrogens (primary N) is 1. The van der Waals surface area contributed by atoms with Crippen molar-refractivity contribution in [3.63, 3.8) is 0 Å². The third kappa shape index (κ3) is 5.81. The Morgan fingerprint density at radius 2 is 1.90 bits per heavy atom. The van der Waals surface area contributed by atoms with Gasteiger partial charge < -0.3 is 16.2 Å². The summed E-state index contributed by atoms with van der Waals surface area (Å²) in [5.41, 5.74) is 5.38. The molecule has 172 valence electrons. The molecule has 4 N–H and O–H groups in total. The largest absolute Gasteiger partial charge is 0.390 e. The van der Waals surface area contributed by atoms with Crippen LogP contribution in [0.2, 0.25) is 0 Å². The maximum absolute atomic E-state index is 13.4. The number of carbonyl (C=O) groups is 2. The third-order valence-electron chi connectivity index (χ3n) is 6.31. The lowest BCUT2D eigenvalue weighted by atomic mass is 9.86. The van der Waals surface area contributed by atoms with Crippen LogP contribution in [0, 0.1) is 5.92 Å². The average molecular weight is 453 g/mol. The maximum atomic E-state index is 13.4. The number of hydrogen-bond acceptors (Lipinski definition) is 7. The van der Waals surface area contributed by atoms with Gasteiger partial charge in [0.15, 0.2) is 5.03 Å². The summed E-state index contributed by atoms with van der Waals surface area (Å²) in [6.07, 6.45) is 6.83. The number of primary amides is 1. The summed E-state index contributed by atoms with van der Waals surface area (Å²) in [6, 6.07) is 2.79.